The van der Waals surface area contributed by atoms with Gasteiger partial charge < -0.3 is 15.3 Å². The molecule has 8 heteroatoms. The highest BCUT2D eigenvalue weighted by molar-refractivity contribution is 5.83. The molecule has 0 radical (unpaired) electrons. The first-order chi connectivity index (χ1) is 8.75. The number of carbonyl (C=O) groups is 2. The lowest BCUT2D eigenvalue weighted by atomic mass is 9.87. The van der Waals surface area contributed by atoms with E-state index in [1.165, 1.54) is 13.8 Å². The standard InChI is InChI=1S/C12H21F3N2O3/c1-7(2)17(6-12(13,14)15)10(20)16-8(9(18)19)11(3,4)5/h7-8H,6H2,1-5H3,(H,16,20)(H,18,19). The van der Waals surface area contributed by atoms with Crippen LogP contribution in [-0.4, -0.2) is 46.8 Å². The number of carboxylic acid groups (broad SMARTS) is 1. The van der Waals surface area contributed by atoms with Gasteiger partial charge in [0.1, 0.15) is 12.6 Å². The minimum Gasteiger partial charge on any atom is -0.480 e. The number of carbonyl (C=O) groups excluding carboxylic acids is 1. The van der Waals surface area contributed by atoms with E-state index in [0.29, 0.717) is 4.90 Å². The molecule has 0 heterocycles. The molecule has 0 aliphatic carbocycles. The predicted molar refractivity (Wildman–Crippen MR) is 67.3 cm³/mol. The Morgan fingerprint density at radius 1 is 1.20 bits per heavy atom. The van der Waals surface area contributed by atoms with Crippen LogP contribution in [0.3, 0.4) is 0 Å². The molecule has 118 valence electrons. The highest BCUT2D eigenvalue weighted by Crippen LogP contribution is 2.21. The van der Waals surface area contributed by atoms with E-state index in [1.807, 2.05) is 0 Å². The number of urea groups is 1. The first-order valence-corrected chi connectivity index (χ1v) is 6.12. The molecule has 0 aliphatic heterocycles. The van der Waals surface area contributed by atoms with Crippen molar-refractivity contribution in [2.75, 3.05) is 6.54 Å². The topological polar surface area (TPSA) is 69.6 Å². The Balaban J connectivity index is 5.05. The van der Waals surface area contributed by atoms with E-state index in [1.54, 1.807) is 20.8 Å². The van der Waals surface area contributed by atoms with Gasteiger partial charge in [0.2, 0.25) is 0 Å². The van der Waals surface area contributed by atoms with Gasteiger partial charge in [-0.15, -0.1) is 0 Å². The number of halogens is 3. The van der Waals surface area contributed by atoms with Crippen LogP contribution >= 0.6 is 0 Å². The fraction of sp³-hybridized carbons (Fsp3) is 0.833. The third kappa shape index (κ3) is 6.12. The quantitative estimate of drug-likeness (QED) is 0.837. The zero-order valence-electron chi connectivity index (χ0n) is 12.2. The minimum atomic E-state index is -4.54. The second-order valence-electron chi connectivity index (χ2n) is 5.92. The van der Waals surface area contributed by atoms with Gasteiger partial charge in [-0.3, -0.25) is 0 Å². The zero-order valence-corrected chi connectivity index (χ0v) is 12.2. The van der Waals surface area contributed by atoms with Crippen LogP contribution in [0.4, 0.5) is 18.0 Å². The number of rotatable bonds is 4. The summed E-state index contributed by atoms with van der Waals surface area (Å²) in [5.74, 6) is -1.29. The van der Waals surface area contributed by atoms with Crippen LogP contribution in [-0.2, 0) is 4.79 Å². The Hall–Kier alpha value is -1.47. The molecule has 1 atom stereocenters. The fourth-order valence-corrected chi connectivity index (χ4v) is 1.54. The Morgan fingerprint density at radius 2 is 1.65 bits per heavy atom. The molecular formula is C12H21F3N2O3. The SMILES string of the molecule is CC(C)N(CC(F)(F)F)C(=O)NC(C(=O)O)C(C)(C)C. The van der Waals surface area contributed by atoms with Crippen molar-refractivity contribution >= 4 is 12.0 Å². The molecule has 5 nitrogen and oxygen atoms in total. The first-order valence-electron chi connectivity index (χ1n) is 6.12. The second-order valence-corrected chi connectivity index (χ2v) is 5.92. The number of hydrogen-bond acceptors (Lipinski definition) is 2. The van der Waals surface area contributed by atoms with Crippen molar-refractivity contribution in [3.8, 4) is 0 Å². The lowest BCUT2D eigenvalue weighted by Gasteiger charge is -2.33. The molecule has 0 fully saturated rings. The fourth-order valence-electron chi connectivity index (χ4n) is 1.54. The largest absolute Gasteiger partial charge is 0.480 e. The number of nitrogens with one attached hydrogen (secondary N) is 1. The minimum absolute atomic E-state index is 0.557. The van der Waals surface area contributed by atoms with Gasteiger partial charge in [0, 0.05) is 6.04 Å². The Kier molecular flexibility index (Phi) is 5.86. The second kappa shape index (κ2) is 6.32. The summed E-state index contributed by atoms with van der Waals surface area (Å²) in [5.41, 5.74) is -0.817. The van der Waals surface area contributed by atoms with E-state index in [2.05, 4.69) is 5.32 Å². The Labute approximate surface area is 116 Å². The number of alkyl halides is 3. The molecule has 0 saturated heterocycles. The van der Waals surface area contributed by atoms with Crippen molar-refractivity contribution in [1.82, 2.24) is 10.2 Å². The summed E-state index contributed by atoms with van der Waals surface area (Å²) in [6, 6.07) is -3.02. The maximum absolute atomic E-state index is 12.4. The van der Waals surface area contributed by atoms with Crippen molar-refractivity contribution in [3.05, 3.63) is 0 Å². The number of aliphatic carboxylic acids is 1. The molecule has 1 unspecified atom stereocenters. The summed E-state index contributed by atoms with van der Waals surface area (Å²) in [6.07, 6.45) is -4.54. The summed E-state index contributed by atoms with van der Waals surface area (Å²) in [7, 11) is 0. The van der Waals surface area contributed by atoms with Crippen LogP contribution < -0.4 is 5.32 Å². The van der Waals surface area contributed by atoms with E-state index in [4.69, 9.17) is 5.11 Å². The molecule has 2 N–H and O–H groups in total. The number of nitrogens with zero attached hydrogens (tertiary/aromatic N) is 1. The monoisotopic (exact) mass is 298 g/mol. The van der Waals surface area contributed by atoms with Crippen LogP contribution in [0.5, 0.6) is 0 Å². The lowest BCUT2D eigenvalue weighted by molar-refractivity contribution is -0.144. The molecule has 0 saturated carbocycles. The van der Waals surface area contributed by atoms with Gasteiger partial charge in [0.05, 0.1) is 0 Å². The first kappa shape index (κ1) is 18.5. The van der Waals surface area contributed by atoms with Crippen LogP contribution in [0.15, 0.2) is 0 Å². The van der Waals surface area contributed by atoms with E-state index in [0.717, 1.165) is 0 Å². The predicted octanol–water partition coefficient (Wildman–Crippen LogP) is 2.47. The molecular weight excluding hydrogens is 277 g/mol. The summed E-state index contributed by atoms with van der Waals surface area (Å²) >= 11 is 0. The summed E-state index contributed by atoms with van der Waals surface area (Å²) < 4.78 is 37.3. The van der Waals surface area contributed by atoms with Crippen molar-refractivity contribution in [3.63, 3.8) is 0 Å². The van der Waals surface area contributed by atoms with E-state index >= 15 is 0 Å². The third-order valence-electron chi connectivity index (χ3n) is 2.61. The average molecular weight is 298 g/mol. The Bertz CT molecular complexity index is 362. The number of hydrogen-bond donors (Lipinski definition) is 2. The molecule has 0 rings (SSSR count). The van der Waals surface area contributed by atoms with Crippen molar-refractivity contribution in [1.29, 1.82) is 0 Å². The van der Waals surface area contributed by atoms with Gasteiger partial charge in [-0.1, -0.05) is 20.8 Å². The van der Waals surface area contributed by atoms with Gasteiger partial charge in [0.25, 0.3) is 0 Å². The van der Waals surface area contributed by atoms with Gasteiger partial charge >= 0.3 is 18.2 Å². The molecule has 0 aliphatic rings. The summed E-state index contributed by atoms with van der Waals surface area (Å²) in [5, 5.41) is 11.2. The molecule has 0 spiro atoms. The van der Waals surface area contributed by atoms with E-state index in [9.17, 15) is 22.8 Å². The normalized spacial score (nSPS) is 14.1. The number of carboxylic acids is 1. The highest BCUT2D eigenvalue weighted by Gasteiger charge is 2.38. The Morgan fingerprint density at radius 3 is 1.90 bits per heavy atom. The maximum Gasteiger partial charge on any atom is 0.406 e. The smallest absolute Gasteiger partial charge is 0.406 e. The molecule has 2 amide bonds. The van der Waals surface area contributed by atoms with Crippen LogP contribution in [0.25, 0.3) is 0 Å². The summed E-state index contributed by atoms with van der Waals surface area (Å²) in [6.45, 7) is 6.17. The molecule has 0 aromatic rings. The van der Waals surface area contributed by atoms with E-state index < -0.39 is 42.2 Å². The summed E-state index contributed by atoms with van der Waals surface area (Å²) in [4.78, 5) is 23.5. The highest BCUT2D eigenvalue weighted by atomic mass is 19.4. The van der Waals surface area contributed by atoms with Gasteiger partial charge in [-0.25, -0.2) is 9.59 Å². The van der Waals surface area contributed by atoms with E-state index in [-0.39, 0.29) is 0 Å². The van der Waals surface area contributed by atoms with Gasteiger partial charge in [-0.05, 0) is 19.3 Å². The molecule has 0 bridgehead atoms. The van der Waals surface area contributed by atoms with Crippen LogP contribution in [0.1, 0.15) is 34.6 Å². The molecule has 0 aromatic heterocycles. The maximum atomic E-state index is 12.4. The number of amides is 2. The van der Waals surface area contributed by atoms with Crippen LogP contribution in [0.2, 0.25) is 0 Å². The zero-order chi connectivity index (χ0) is 16.3. The lowest BCUT2D eigenvalue weighted by Crippen LogP contribution is -2.56. The molecule has 0 aromatic carbocycles. The van der Waals surface area contributed by atoms with Crippen molar-refractivity contribution < 1.29 is 27.9 Å². The van der Waals surface area contributed by atoms with Crippen molar-refractivity contribution in [2.24, 2.45) is 5.41 Å². The third-order valence-corrected chi connectivity index (χ3v) is 2.61. The van der Waals surface area contributed by atoms with Crippen molar-refractivity contribution in [2.45, 2.75) is 52.9 Å². The molecule has 20 heavy (non-hydrogen) atoms. The van der Waals surface area contributed by atoms with Gasteiger partial charge in [0.15, 0.2) is 0 Å². The van der Waals surface area contributed by atoms with Gasteiger partial charge in [-0.2, -0.15) is 13.2 Å². The van der Waals surface area contributed by atoms with Crippen LogP contribution in [0, 0.1) is 5.41 Å². The average Bonchev–Trinajstić information content (AvgIpc) is 2.18.